The highest BCUT2D eigenvalue weighted by Gasteiger charge is 2.12. The second-order valence-electron chi connectivity index (χ2n) is 4.01. The predicted octanol–water partition coefficient (Wildman–Crippen LogP) is 2.03. The van der Waals surface area contributed by atoms with E-state index in [1.54, 1.807) is 7.05 Å². The lowest BCUT2D eigenvalue weighted by molar-refractivity contribution is 0.392. The molecule has 106 valence electrons. The Labute approximate surface area is 119 Å². The second kappa shape index (κ2) is 5.53. The molecule has 0 aliphatic carbocycles. The van der Waals surface area contributed by atoms with E-state index in [4.69, 9.17) is 4.74 Å². The molecule has 0 radical (unpaired) electrons. The van der Waals surface area contributed by atoms with Gasteiger partial charge in [0.15, 0.2) is 0 Å². The first kappa shape index (κ1) is 13.0. The summed E-state index contributed by atoms with van der Waals surface area (Å²) < 4.78 is 20.3. The van der Waals surface area contributed by atoms with Crippen molar-refractivity contribution in [1.82, 2.24) is 24.7 Å². The summed E-state index contributed by atoms with van der Waals surface area (Å²) in [5.74, 6) is -0.681. The second-order valence-corrected chi connectivity index (χ2v) is 4.01. The highest BCUT2D eigenvalue weighted by Crippen LogP contribution is 2.20. The van der Waals surface area contributed by atoms with Gasteiger partial charge in [0.05, 0.1) is 11.9 Å². The first-order valence-electron chi connectivity index (χ1n) is 6.11. The molecule has 0 saturated heterocycles. The Morgan fingerprint density at radius 3 is 2.76 bits per heavy atom. The molecule has 21 heavy (non-hydrogen) atoms. The van der Waals surface area contributed by atoms with E-state index in [-0.39, 0.29) is 17.8 Å². The fourth-order valence-electron chi connectivity index (χ4n) is 1.63. The summed E-state index contributed by atoms with van der Waals surface area (Å²) in [6, 6.07) is 9.37. The average molecular weight is 286 g/mol. The molecule has 0 aliphatic rings. The average Bonchev–Trinajstić information content (AvgIpc) is 2.99. The van der Waals surface area contributed by atoms with E-state index in [2.05, 4.69) is 25.4 Å². The van der Waals surface area contributed by atoms with Crippen molar-refractivity contribution in [3.05, 3.63) is 48.7 Å². The summed E-state index contributed by atoms with van der Waals surface area (Å²) in [7, 11) is 1.62. The Balaban J connectivity index is 1.85. The minimum absolute atomic E-state index is 0.00138. The van der Waals surface area contributed by atoms with E-state index in [9.17, 15) is 4.39 Å². The number of anilines is 1. The van der Waals surface area contributed by atoms with E-state index in [0.29, 0.717) is 0 Å². The summed E-state index contributed by atoms with van der Waals surface area (Å²) in [5.41, 5.74) is 0.818. The van der Waals surface area contributed by atoms with Crippen LogP contribution >= 0.6 is 0 Å². The van der Waals surface area contributed by atoms with Gasteiger partial charge in [0.2, 0.25) is 11.8 Å². The van der Waals surface area contributed by atoms with Crippen LogP contribution in [-0.2, 0) is 0 Å². The number of hydrogen-bond donors (Lipinski definition) is 1. The van der Waals surface area contributed by atoms with Gasteiger partial charge in [-0.1, -0.05) is 18.2 Å². The Hall–Kier alpha value is -3.03. The third kappa shape index (κ3) is 2.78. The van der Waals surface area contributed by atoms with E-state index in [0.717, 1.165) is 11.9 Å². The topological polar surface area (TPSA) is 77.8 Å². The lowest BCUT2D eigenvalue weighted by Gasteiger charge is -2.03. The number of ether oxygens (including phenoxy) is 1. The van der Waals surface area contributed by atoms with Crippen molar-refractivity contribution in [2.75, 3.05) is 12.4 Å². The minimum atomic E-state index is -0.690. The van der Waals surface area contributed by atoms with Crippen molar-refractivity contribution < 1.29 is 9.13 Å². The van der Waals surface area contributed by atoms with Crippen molar-refractivity contribution in [2.45, 2.75) is 0 Å². The van der Waals surface area contributed by atoms with Crippen LogP contribution in [0.5, 0.6) is 11.9 Å². The van der Waals surface area contributed by atoms with Gasteiger partial charge in [-0.3, -0.25) is 0 Å². The number of rotatable bonds is 4. The van der Waals surface area contributed by atoms with Crippen LogP contribution in [0, 0.1) is 5.82 Å². The fourth-order valence-corrected chi connectivity index (χ4v) is 1.63. The van der Waals surface area contributed by atoms with Gasteiger partial charge in [-0.2, -0.15) is 14.4 Å². The maximum Gasteiger partial charge on any atom is 0.342 e. The molecule has 2 heterocycles. The molecule has 0 aliphatic heterocycles. The van der Waals surface area contributed by atoms with Crippen molar-refractivity contribution in [1.29, 1.82) is 0 Å². The quantitative estimate of drug-likeness (QED) is 0.790. The van der Waals surface area contributed by atoms with Gasteiger partial charge in [-0.25, -0.2) is 9.67 Å². The predicted molar refractivity (Wildman–Crippen MR) is 73.0 cm³/mol. The standard InChI is InChI=1S/C13H11FN6O/c1-15-12-16-7-10(14)11(18-12)21-13-17-8-20(19-13)9-5-3-2-4-6-9/h2-8H,1H3,(H,15,16,18). The molecule has 0 amide bonds. The van der Waals surface area contributed by atoms with Crippen LogP contribution in [0.1, 0.15) is 0 Å². The third-order valence-electron chi connectivity index (χ3n) is 2.62. The van der Waals surface area contributed by atoms with Crippen LogP contribution in [0.2, 0.25) is 0 Å². The molecular weight excluding hydrogens is 275 g/mol. The van der Waals surface area contributed by atoms with Crippen molar-refractivity contribution in [3.63, 3.8) is 0 Å². The van der Waals surface area contributed by atoms with Gasteiger partial charge < -0.3 is 10.1 Å². The normalized spacial score (nSPS) is 10.4. The first-order valence-corrected chi connectivity index (χ1v) is 6.11. The van der Waals surface area contributed by atoms with Crippen LogP contribution in [0.25, 0.3) is 5.69 Å². The van der Waals surface area contributed by atoms with Crippen LogP contribution in [0.4, 0.5) is 10.3 Å². The zero-order chi connectivity index (χ0) is 14.7. The van der Waals surface area contributed by atoms with Crippen molar-refractivity contribution in [3.8, 4) is 17.6 Å². The zero-order valence-corrected chi connectivity index (χ0v) is 11.1. The molecule has 3 aromatic rings. The van der Waals surface area contributed by atoms with Gasteiger partial charge in [-0.05, 0) is 12.1 Å². The van der Waals surface area contributed by atoms with Gasteiger partial charge in [0.1, 0.15) is 6.33 Å². The highest BCUT2D eigenvalue weighted by molar-refractivity contribution is 5.31. The number of hydrogen-bond acceptors (Lipinski definition) is 6. The molecule has 1 aromatic carbocycles. The molecule has 0 saturated carbocycles. The van der Waals surface area contributed by atoms with Crippen LogP contribution in [-0.4, -0.2) is 31.8 Å². The Morgan fingerprint density at radius 1 is 1.19 bits per heavy atom. The number of nitrogens with one attached hydrogen (secondary N) is 1. The Bertz CT molecular complexity index is 745. The highest BCUT2D eigenvalue weighted by atomic mass is 19.1. The number of para-hydroxylation sites is 1. The Kier molecular flexibility index (Phi) is 3.42. The van der Waals surface area contributed by atoms with Gasteiger partial charge >= 0.3 is 6.01 Å². The van der Waals surface area contributed by atoms with E-state index < -0.39 is 5.82 Å². The summed E-state index contributed by atoms with van der Waals surface area (Å²) in [5, 5.41) is 6.80. The molecule has 1 N–H and O–H groups in total. The van der Waals surface area contributed by atoms with Crippen LogP contribution in [0.15, 0.2) is 42.9 Å². The molecule has 8 heteroatoms. The molecule has 0 spiro atoms. The summed E-state index contributed by atoms with van der Waals surface area (Å²) in [4.78, 5) is 11.6. The van der Waals surface area contributed by atoms with Crippen molar-refractivity contribution in [2.24, 2.45) is 0 Å². The molecular formula is C13H11FN6O. The van der Waals surface area contributed by atoms with E-state index >= 15 is 0 Å². The maximum absolute atomic E-state index is 13.6. The summed E-state index contributed by atoms with van der Waals surface area (Å²) >= 11 is 0. The monoisotopic (exact) mass is 286 g/mol. The molecule has 0 fully saturated rings. The van der Waals surface area contributed by atoms with E-state index in [1.807, 2.05) is 30.3 Å². The minimum Gasteiger partial charge on any atom is -0.401 e. The van der Waals surface area contributed by atoms with Gasteiger partial charge in [0, 0.05) is 7.05 Å². The lowest BCUT2D eigenvalue weighted by Crippen LogP contribution is -2.01. The molecule has 7 nitrogen and oxygen atoms in total. The summed E-state index contributed by atoms with van der Waals surface area (Å²) in [6.45, 7) is 0. The maximum atomic E-state index is 13.6. The molecule has 0 bridgehead atoms. The van der Waals surface area contributed by atoms with Gasteiger partial charge in [0.25, 0.3) is 5.88 Å². The molecule has 2 aromatic heterocycles. The molecule has 0 unspecified atom stereocenters. The van der Waals surface area contributed by atoms with Gasteiger partial charge in [-0.15, -0.1) is 5.10 Å². The first-order chi connectivity index (χ1) is 10.3. The smallest absolute Gasteiger partial charge is 0.342 e. The SMILES string of the molecule is CNc1ncc(F)c(Oc2ncn(-c3ccccc3)n2)n1. The van der Waals surface area contributed by atoms with Crippen LogP contribution < -0.4 is 10.1 Å². The van der Waals surface area contributed by atoms with Crippen LogP contribution in [0.3, 0.4) is 0 Å². The third-order valence-corrected chi connectivity index (χ3v) is 2.62. The number of halogens is 1. The van der Waals surface area contributed by atoms with Crippen molar-refractivity contribution >= 4 is 5.95 Å². The lowest BCUT2D eigenvalue weighted by atomic mass is 10.3. The zero-order valence-electron chi connectivity index (χ0n) is 11.1. The summed E-state index contributed by atoms with van der Waals surface area (Å²) in [6.07, 6.45) is 2.49. The number of nitrogens with zero attached hydrogens (tertiary/aromatic N) is 5. The Morgan fingerprint density at radius 2 is 2.00 bits per heavy atom. The largest absolute Gasteiger partial charge is 0.401 e. The number of aromatic nitrogens is 5. The van der Waals surface area contributed by atoms with E-state index in [1.165, 1.54) is 11.0 Å². The fraction of sp³-hybridized carbons (Fsp3) is 0.0769. The molecule has 3 rings (SSSR count). The molecule has 0 atom stereocenters. The number of benzene rings is 1.